The molecule has 1 heterocycles. The molecule has 2 aromatic rings. The van der Waals surface area contributed by atoms with E-state index in [2.05, 4.69) is 36.5 Å². The molecule has 30 heavy (non-hydrogen) atoms. The summed E-state index contributed by atoms with van der Waals surface area (Å²) in [5.41, 5.74) is 3.29. The average Bonchev–Trinajstić information content (AvgIpc) is 2.75. The second-order valence-corrected chi connectivity index (χ2v) is 8.40. The number of rotatable bonds is 7. The number of hydrogen-bond donors (Lipinski definition) is 3. The van der Waals surface area contributed by atoms with Crippen LogP contribution in [0.15, 0.2) is 54.6 Å². The summed E-state index contributed by atoms with van der Waals surface area (Å²) < 4.78 is 0. The van der Waals surface area contributed by atoms with E-state index in [1.54, 1.807) is 0 Å². The van der Waals surface area contributed by atoms with Crippen molar-refractivity contribution in [3.8, 4) is 0 Å². The van der Waals surface area contributed by atoms with Gasteiger partial charge in [0.05, 0.1) is 33.2 Å². The maximum absolute atomic E-state index is 12.7. The van der Waals surface area contributed by atoms with Gasteiger partial charge in [-0.15, -0.1) is 0 Å². The molecule has 1 unspecified atom stereocenters. The number of nitrogens with one attached hydrogen (secondary N) is 3. The molecule has 0 radical (unpaired) electrons. The van der Waals surface area contributed by atoms with Crippen molar-refractivity contribution >= 4 is 17.5 Å². The van der Waals surface area contributed by atoms with Gasteiger partial charge in [-0.25, -0.2) is 0 Å². The van der Waals surface area contributed by atoms with Crippen molar-refractivity contribution in [2.75, 3.05) is 51.6 Å². The van der Waals surface area contributed by atoms with Crippen molar-refractivity contribution in [3.63, 3.8) is 0 Å². The second kappa shape index (κ2) is 10.4. The van der Waals surface area contributed by atoms with Gasteiger partial charge in [0.2, 0.25) is 0 Å². The minimum absolute atomic E-state index is 0.0740. The van der Waals surface area contributed by atoms with Gasteiger partial charge in [0.1, 0.15) is 6.04 Å². The van der Waals surface area contributed by atoms with Crippen molar-refractivity contribution in [2.24, 2.45) is 0 Å². The van der Waals surface area contributed by atoms with Crippen LogP contribution >= 0.6 is 0 Å². The summed E-state index contributed by atoms with van der Waals surface area (Å²) in [5, 5.41) is 2.90. The Labute approximate surface area is 179 Å². The molecule has 2 aromatic carbocycles. The lowest BCUT2D eigenvalue weighted by Crippen LogP contribution is -3.15. The Morgan fingerprint density at radius 3 is 2.30 bits per heavy atom. The zero-order valence-corrected chi connectivity index (χ0v) is 18.3. The molecular weight excluding hydrogens is 376 g/mol. The Balaban J connectivity index is 1.41. The van der Waals surface area contributed by atoms with Crippen molar-refractivity contribution in [2.45, 2.75) is 19.9 Å². The van der Waals surface area contributed by atoms with Crippen molar-refractivity contribution in [1.29, 1.82) is 0 Å². The Morgan fingerprint density at radius 1 is 1.03 bits per heavy atom. The van der Waals surface area contributed by atoms with Crippen LogP contribution in [-0.2, 0) is 9.59 Å². The van der Waals surface area contributed by atoms with Gasteiger partial charge in [-0.2, -0.15) is 0 Å². The SMILES string of the molecule is Cc1ccc(NC(=O)C[NH+](C)CC(=O)N2CC[NH+]([C@@H](C)c3ccccc3)CC2)cc1. The van der Waals surface area contributed by atoms with E-state index in [9.17, 15) is 9.59 Å². The molecule has 6 heteroatoms. The number of amides is 2. The first-order valence-corrected chi connectivity index (χ1v) is 10.8. The Morgan fingerprint density at radius 2 is 1.67 bits per heavy atom. The molecule has 3 N–H and O–H groups in total. The molecule has 160 valence electrons. The first-order chi connectivity index (χ1) is 14.4. The first kappa shape index (κ1) is 22.0. The van der Waals surface area contributed by atoms with E-state index in [4.69, 9.17) is 0 Å². The number of quaternary nitrogens is 2. The molecule has 0 saturated carbocycles. The number of aryl methyl sites for hydroxylation is 1. The topological polar surface area (TPSA) is 58.3 Å². The van der Waals surface area contributed by atoms with E-state index in [1.807, 2.05) is 49.2 Å². The van der Waals surface area contributed by atoms with Gasteiger partial charge in [0.25, 0.3) is 11.8 Å². The Kier molecular flexibility index (Phi) is 7.60. The summed E-state index contributed by atoms with van der Waals surface area (Å²) in [4.78, 5) is 29.3. The van der Waals surface area contributed by atoms with Crippen LogP contribution in [0.4, 0.5) is 5.69 Å². The van der Waals surface area contributed by atoms with Crippen LogP contribution in [0.1, 0.15) is 24.1 Å². The summed E-state index contributed by atoms with van der Waals surface area (Å²) in [7, 11) is 1.89. The number of carbonyl (C=O) groups excluding carboxylic acids is 2. The number of nitrogens with zero attached hydrogens (tertiary/aromatic N) is 1. The highest BCUT2D eigenvalue weighted by Gasteiger charge is 2.29. The van der Waals surface area contributed by atoms with E-state index < -0.39 is 0 Å². The lowest BCUT2D eigenvalue weighted by Gasteiger charge is -2.35. The van der Waals surface area contributed by atoms with Crippen LogP contribution in [0.3, 0.4) is 0 Å². The quantitative estimate of drug-likeness (QED) is 0.599. The largest absolute Gasteiger partial charge is 0.327 e. The smallest absolute Gasteiger partial charge is 0.279 e. The van der Waals surface area contributed by atoms with E-state index in [1.165, 1.54) is 10.5 Å². The normalized spacial score (nSPS) is 16.7. The van der Waals surface area contributed by atoms with Crippen LogP contribution < -0.4 is 15.1 Å². The molecule has 0 bridgehead atoms. The molecule has 1 aliphatic heterocycles. The highest BCUT2D eigenvalue weighted by atomic mass is 16.2. The third-order valence-corrected chi connectivity index (χ3v) is 5.92. The second-order valence-electron chi connectivity index (χ2n) is 8.40. The maximum Gasteiger partial charge on any atom is 0.279 e. The lowest BCUT2D eigenvalue weighted by molar-refractivity contribution is -0.933. The third-order valence-electron chi connectivity index (χ3n) is 5.92. The van der Waals surface area contributed by atoms with E-state index in [-0.39, 0.29) is 18.4 Å². The van der Waals surface area contributed by atoms with Gasteiger partial charge in [-0.3, -0.25) is 9.59 Å². The summed E-state index contributed by atoms with van der Waals surface area (Å²) in [6, 6.07) is 18.7. The van der Waals surface area contributed by atoms with Crippen LogP contribution in [-0.4, -0.2) is 63.0 Å². The molecule has 1 aliphatic rings. The first-order valence-electron chi connectivity index (χ1n) is 10.8. The Hall–Kier alpha value is -2.70. The van der Waals surface area contributed by atoms with Gasteiger partial charge >= 0.3 is 0 Å². The minimum atomic E-state index is -0.0740. The third kappa shape index (κ3) is 6.15. The summed E-state index contributed by atoms with van der Waals surface area (Å²) in [6.07, 6.45) is 0. The molecule has 0 aromatic heterocycles. The Bertz CT molecular complexity index is 830. The predicted molar refractivity (Wildman–Crippen MR) is 119 cm³/mol. The van der Waals surface area contributed by atoms with Crippen LogP contribution in [0.5, 0.6) is 0 Å². The fourth-order valence-electron chi connectivity index (χ4n) is 4.00. The monoisotopic (exact) mass is 410 g/mol. The van der Waals surface area contributed by atoms with Gasteiger partial charge in [0.15, 0.2) is 13.1 Å². The fourth-order valence-corrected chi connectivity index (χ4v) is 4.00. The van der Waals surface area contributed by atoms with Crippen LogP contribution in [0.25, 0.3) is 0 Å². The van der Waals surface area contributed by atoms with E-state index >= 15 is 0 Å². The molecule has 1 fully saturated rings. The maximum atomic E-state index is 12.7. The zero-order chi connectivity index (χ0) is 21.5. The molecule has 0 aliphatic carbocycles. The molecular formula is C24H34N4O2+2. The molecule has 2 amide bonds. The van der Waals surface area contributed by atoms with Crippen molar-refractivity contribution < 1.29 is 19.4 Å². The average molecular weight is 411 g/mol. The standard InChI is InChI=1S/C24H32N4O2/c1-19-9-11-22(12-10-19)25-23(29)17-26(3)18-24(30)28-15-13-27(14-16-28)20(2)21-7-5-4-6-8-21/h4-12,20H,13-18H2,1-3H3,(H,25,29)/p+2/t20-/m0/s1. The highest BCUT2D eigenvalue weighted by molar-refractivity contribution is 5.91. The minimum Gasteiger partial charge on any atom is -0.327 e. The van der Waals surface area contributed by atoms with Gasteiger partial charge in [-0.1, -0.05) is 48.0 Å². The molecule has 0 spiro atoms. The fraction of sp³-hybridized carbons (Fsp3) is 0.417. The lowest BCUT2D eigenvalue weighted by atomic mass is 10.1. The van der Waals surface area contributed by atoms with E-state index in [0.29, 0.717) is 12.6 Å². The molecule has 3 rings (SSSR count). The van der Waals surface area contributed by atoms with Crippen LogP contribution in [0.2, 0.25) is 0 Å². The highest BCUT2D eigenvalue weighted by Crippen LogP contribution is 2.09. The van der Waals surface area contributed by atoms with Gasteiger partial charge in [0, 0.05) is 11.3 Å². The molecule has 2 atom stereocenters. The predicted octanol–water partition coefficient (Wildman–Crippen LogP) is -0.0635. The van der Waals surface area contributed by atoms with Gasteiger partial charge < -0.3 is 20.0 Å². The summed E-state index contributed by atoms with van der Waals surface area (Å²) in [5.74, 6) is 0.0529. The zero-order valence-electron chi connectivity index (χ0n) is 18.3. The number of piperazine rings is 1. The number of benzene rings is 2. The van der Waals surface area contributed by atoms with Gasteiger partial charge in [-0.05, 0) is 26.0 Å². The molecule has 6 nitrogen and oxygen atoms in total. The number of likely N-dealkylation sites (N-methyl/N-ethyl adjacent to an activating group) is 1. The number of carbonyl (C=O) groups is 2. The number of anilines is 1. The van der Waals surface area contributed by atoms with E-state index in [0.717, 1.165) is 42.3 Å². The van der Waals surface area contributed by atoms with Crippen LogP contribution in [0, 0.1) is 6.92 Å². The molecule has 1 saturated heterocycles. The van der Waals surface area contributed by atoms with Crippen molar-refractivity contribution in [3.05, 3.63) is 65.7 Å². The summed E-state index contributed by atoms with van der Waals surface area (Å²) in [6.45, 7) is 8.33. The summed E-state index contributed by atoms with van der Waals surface area (Å²) >= 11 is 0. The van der Waals surface area contributed by atoms with Crippen molar-refractivity contribution in [1.82, 2.24) is 4.90 Å². The number of hydrogen-bond acceptors (Lipinski definition) is 2.